The molecule has 0 saturated heterocycles. The van der Waals surface area contributed by atoms with Gasteiger partial charge in [0.15, 0.2) is 0 Å². The van der Waals surface area contributed by atoms with Crippen LogP contribution >= 0.6 is 11.3 Å². The van der Waals surface area contributed by atoms with Gasteiger partial charge in [-0.2, -0.15) is 11.3 Å². The van der Waals surface area contributed by atoms with Crippen molar-refractivity contribution in [2.45, 2.75) is 12.5 Å². The van der Waals surface area contributed by atoms with E-state index in [4.69, 9.17) is 0 Å². The van der Waals surface area contributed by atoms with E-state index in [0.717, 1.165) is 5.56 Å². The summed E-state index contributed by atoms with van der Waals surface area (Å²) in [6.07, 6.45) is 3.18. The predicted molar refractivity (Wildman–Crippen MR) is 75.1 cm³/mol. The van der Waals surface area contributed by atoms with Crippen LogP contribution in [0.2, 0.25) is 0 Å². The molecular weight excluding hydrogens is 262 g/mol. The molecule has 0 radical (unpaired) electrons. The molecule has 2 rings (SSSR count). The van der Waals surface area contributed by atoms with Crippen LogP contribution in [-0.2, 0) is 5.60 Å². The number of anilines is 1. The van der Waals surface area contributed by atoms with E-state index in [-0.39, 0.29) is 12.6 Å². The highest BCUT2D eigenvalue weighted by Gasteiger charge is 2.24. The molecule has 1 unspecified atom stereocenters. The molecule has 2 aromatic rings. The van der Waals surface area contributed by atoms with Gasteiger partial charge in [0.05, 0.1) is 18.4 Å². The molecule has 0 bridgehead atoms. The molecule has 0 aromatic carbocycles. The lowest BCUT2D eigenvalue weighted by atomic mass is 9.99. The van der Waals surface area contributed by atoms with Crippen molar-refractivity contribution in [1.82, 2.24) is 10.3 Å². The molecule has 0 saturated carbocycles. The fourth-order valence-corrected chi connectivity index (χ4v) is 2.32. The van der Waals surface area contributed by atoms with Gasteiger partial charge in [-0.05, 0) is 41.4 Å². The maximum atomic E-state index is 11.7. The first-order chi connectivity index (χ1) is 9.08. The number of rotatable bonds is 4. The predicted octanol–water partition coefficient (Wildman–Crippen LogP) is 2.17. The van der Waals surface area contributed by atoms with Crippen LogP contribution in [0.25, 0.3) is 0 Å². The van der Waals surface area contributed by atoms with Gasteiger partial charge in [-0.1, -0.05) is 0 Å². The zero-order chi connectivity index (χ0) is 13.7. The Morgan fingerprint density at radius 1 is 1.53 bits per heavy atom. The second kappa shape index (κ2) is 5.81. The maximum absolute atomic E-state index is 11.7. The monoisotopic (exact) mass is 277 g/mol. The van der Waals surface area contributed by atoms with E-state index >= 15 is 0 Å². The third-order valence-electron chi connectivity index (χ3n) is 2.66. The fraction of sp³-hybridized carbons (Fsp3) is 0.231. The SMILES string of the molecule is CC(O)(CNC(=O)Nc1cccnc1)c1ccsc1. The molecule has 100 valence electrons. The van der Waals surface area contributed by atoms with Gasteiger partial charge < -0.3 is 15.7 Å². The minimum Gasteiger partial charge on any atom is -0.384 e. The van der Waals surface area contributed by atoms with Crippen LogP contribution in [0, 0.1) is 0 Å². The molecule has 6 heteroatoms. The van der Waals surface area contributed by atoms with Crippen molar-refractivity contribution >= 4 is 23.1 Å². The van der Waals surface area contributed by atoms with Gasteiger partial charge in [0, 0.05) is 6.20 Å². The van der Waals surface area contributed by atoms with Gasteiger partial charge in [0.25, 0.3) is 0 Å². The first-order valence-corrected chi connectivity index (χ1v) is 6.72. The molecule has 0 fully saturated rings. The van der Waals surface area contributed by atoms with Crippen LogP contribution in [0.4, 0.5) is 10.5 Å². The second-order valence-corrected chi connectivity index (χ2v) is 5.12. The summed E-state index contributed by atoms with van der Waals surface area (Å²) in [5, 5.41) is 19.3. The summed E-state index contributed by atoms with van der Waals surface area (Å²) < 4.78 is 0. The summed E-state index contributed by atoms with van der Waals surface area (Å²) in [5.41, 5.74) is 0.320. The Labute approximate surface area is 115 Å². The molecule has 2 aromatic heterocycles. The fourth-order valence-electron chi connectivity index (χ4n) is 1.54. The average Bonchev–Trinajstić information content (AvgIpc) is 2.92. The Balaban J connectivity index is 1.87. The molecule has 0 aliphatic rings. The van der Waals surface area contributed by atoms with Gasteiger partial charge in [-0.25, -0.2) is 4.79 Å². The molecule has 2 heterocycles. The summed E-state index contributed by atoms with van der Waals surface area (Å²) in [6.45, 7) is 1.80. The zero-order valence-electron chi connectivity index (χ0n) is 10.5. The van der Waals surface area contributed by atoms with Crippen molar-refractivity contribution in [3.05, 3.63) is 46.9 Å². The van der Waals surface area contributed by atoms with Gasteiger partial charge in [-0.3, -0.25) is 4.98 Å². The van der Waals surface area contributed by atoms with Crippen LogP contribution in [0.5, 0.6) is 0 Å². The van der Waals surface area contributed by atoms with E-state index in [1.54, 1.807) is 31.5 Å². The molecule has 0 aliphatic carbocycles. The second-order valence-electron chi connectivity index (χ2n) is 4.34. The number of aromatic nitrogens is 1. The number of pyridine rings is 1. The average molecular weight is 277 g/mol. The normalized spacial score (nSPS) is 13.6. The van der Waals surface area contributed by atoms with Gasteiger partial charge in [0.1, 0.15) is 5.60 Å². The first-order valence-electron chi connectivity index (χ1n) is 5.78. The summed E-state index contributed by atoms with van der Waals surface area (Å²) in [7, 11) is 0. The van der Waals surface area contributed by atoms with Gasteiger partial charge >= 0.3 is 6.03 Å². The number of nitrogens with zero attached hydrogens (tertiary/aromatic N) is 1. The molecule has 2 amide bonds. The molecule has 1 atom stereocenters. The van der Waals surface area contributed by atoms with E-state index in [2.05, 4.69) is 15.6 Å². The Morgan fingerprint density at radius 3 is 3.00 bits per heavy atom. The van der Waals surface area contributed by atoms with Crippen molar-refractivity contribution in [2.24, 2.45) is 0 Å². The number of nitrogens with one attached hydrogen (secondary N) is 2. The van der Waals surface area contributed by atoms with Crippen molar-refractivity contribution in [3.63, 3.8) is 0 Å². The van der Waals surface area contributed by atoms with Crippen molar-refractivity contribution in [3.8, 4) is 0 Å². The summed E-state index contributed by atoms with van der Waals surface area (Å²) in [5.74, 6) is 0. The third kappa shape index (κ3) is 3.77. The molecule has 0 spiro atoms. The van der Waals surface area contributed by atoms with E-state index in [1.165, 1.54) is 11.3 Å². The number of aliphatic hydroxyl groups is 1. The Hall–Kier alpha value is -1.92. The molecule has 3 N–H and O–H groups in total. The van der Waals surface area contributed by atoms with E-state index in [0.29, 0.717) is 5.69 Å². The van der Waals surface area contributed by atoms with Gasteiger partial charge in [0.2, 0.25) is 0 Å². The van der Waals surface area contributed by atoms with Crippen LogP contribution in [-0.4, -0.2) is 22.7 Å². The van der Waals surface area contributed by atoms with E-state index in [1.807, 2.05) is 16.8 Å². The van der Waals surface area contributed by atoms with Crippen LogP contribution < -0.4 is 10.6 Å². The molecule has 19 heavy (non-hydrogen) atoms. The van der Waals surface area contributed by atoms with Crippen molar-refractivity contribution in [2.75, 3.05) is 11.9 Å². The number of hydrogen-bond acceptors (Lipinski definition) is 4. The highest BCUT2D eigenvalue weighted by atomic mass is 32.1. The maximum Gasteiger partial charge on any atom is 0.319 e. The minimum absolute atomic E-state index is 0.135. The Kier molecular flexibility index (Phi) is 4.13. The first kappa shape index (κ1) is 13.5. The number of hydrogen-bond donors (Lipinski definition) is 3. The Morgan fingerprint density at radius 2 is 2.37 bits per heavy atom. The number of carbonyl (C=O) groups excluding carboxylic acids is 1. The van der Waals surface area contributed by atoms with E-state index < -0.39 is 5.60 Å². The number of thiophene rings is 1. The molecular formula is C13H15N3O2S. The van der Waals surface area contributed by atoms with Crippen molar-refractivity contribution in [1.29, 1.82) is 0 Å². The highest BCUT2D eigenvalue weighted by molar-refractivity contribution is 7.08. The number of amides is 2. The third-order valence-corrected chi connectivity index (χ3v) is 3.34. The summed E-state index contributed by atoms with van der Waals surface area (Å²) in [6, 6.07) is 4.94. The summed E-state index contributed by atoms with van der Waals surface area (Å²) in [4.78, 5) is 15.6. The molecule has 0 aliphatic heterocycles. The number of urea groups is 1. The Bertz CT molecular complexity index is 526. The smallest absolute Gasteiger partial charge is 0.319 e. The van der Waals surface area contributed by atoms with Crippen LogP contribution in [0.1, 0.15) is 12.5 Å². The lowest BCUT2D eigenvalue weighted by molar-refractivity contribution is 0.0604. The molecule has 5 nitrogen and oxygen atoms in total. The topological polar surface area (TPSA) is 74.2 Å². The largest absolute Gasteiger partial charge is 0.384 e. The summed E-state index contributed by atoms with van der Waals surface area (Å²) >= 11 is 1.51. The highest BCUT2D eigenvalue weighted by Crippen LogP contribution is 2.21. The van der Waals surface area contributed by atoms with Crippen LogP contribution in [0.15, 0.2) is 41.4 Å². The number of carbonyl (C=O) groups is 1. The minimum atomic E-state index is -1.08. The lowest BCUT2D eigenvalue weighted by Gasteiger charge is -2.22. The zero-order valence-corrected chi connectivity index (χ0v) is 11.3. The quantitative estimate of drug-likeness (QED) is 0.802. The van der Waals surface area contributed by atoms with E-state index in [9.17, 15) is 9.90 Å². The van der Waals surface area contributed by atoms with Gasteiger partial charge in [-0.15, -0.1) is 0 Å². The lowest BCUT2D eigenvalue weighted by Crippen LogP contribution is -2.40. The standard InChI is InChI=1S/C13H15N3O2S/c1-13(18,10-4-6-19-8-10)9-15-12(17)16-11-3-2-5-14-7-11/h2-8,18H,9H2,1H3,(H2,15,16,17). The van der Waals surface area contributed by atoms with Crippen molar-refractivity contribution < 1.29 is 9.90 Å². The van der Waals surface area contributed by atoms with Crippen LogP contribution in [0.3, 0.4) is 0 Å².